The molecule has 0 N–H and O–H groups in total. The van der Waals surface area contributed by atoms with Gasteiger partial charge in [-0.05, 0) is 103 Å². The molecule has 0 aliphatic heterocycles. The van der Waals surface area contributed by atoms with E-state index in [4.69, 9.17) is 14.2 Å². The first-order chi connectivity index (χ1) is 39.5. The molecule has 0 aromatic carbocycles. The number of rotatable bonds is 62. The van der Waals surface area contributed by atoms with Crippen LogP contribution in [0.25, 0.3) is 0 Å². The predicted molar refractivity (Wildman–Crippen MR) is 348 cm³/mol. The van der Waals surface area contributed by atoms with Gasteiger partial charge < -0.3 is 14.2 Å². The van der Waals surface area contributed by atoms with Gasteiger partial charge >= 0.3 is 17.9 Å². The molecule has 1 atom stereocenters. The van der Waals surface area contributed by atoms with E-state index in [1.807, 2.05) is 0 Å². The molecule has 0 radical (unpaired) electrons. The molecule has 0 amide bonds. The molecule has 0 heterocycles. The summed E-state index contributed by atoms with van der Waals surface area (Å²) in [7, 11) is 0. The molecule has 6 nitrogen and oxygen atoms in total. The van der Waals surface area contributed by atoms with Crippen molar-refractivity contribution in [2.24, 2.45) is 0 Å². The largest absolute Gasteiger partial charge is 0.462 e. The van der Waals surface area contributed by atoms with Crippen LogP contribution < -0.4 is 0 Å². The normalized spacial score (nSPS) is 12.7. The van der Waals surface area contributed by atoms with Crippen LogP contribution >= 0.6 is 0 Å². The summed E-state index contributed by atoms with van der Waals surface area (Å²) in [5.41, 5.74) is 0. The highest BCUT2D eigenvalue weighted by molar-refractivity contribution is 5.71. The Bertz CT molecular complexity index is 1560. The first-order valence-corrected chi connectivity index (χ1v) is 34.2. The fourth-order valence-electron chi connectivity index (χ4n) is 9.71. The van der Waals surface area contributed by atoms with E-state index in [0.29, 0.717) is 19.3 Å². The molecule has 6 heteroatoms. The highest BCUT2D eigenvalue weighted by Crippen LogP contribution is 2.17. The minimum Gasteiger partial charge on any atom is -0.462 e. The molecular weight excluding hydrogens is 985 g/mol. The van der Waals surface area contributed by atoms with Crippen LogP contribution in [0.2, 0.25) is 0 Å². The molecule has 0 saturated heterocycles. The first-order valence-electron chi connectivity index (χ1n) is 34.2. The van der Waals surface area contributed by atoms with Crippen molar-refractivity contribution in [2.45, 2.75) is 341 Å². The highest BCUT2D eigenvalue weighted by Gasteiger charge is 2.19. The highest BCUT2D eigenvalue weighted by atomic mass is 16.6. The van der Waals surface area contributed by atoms with Gasteiger partial charge in [-0.3, -0.25) is 14.4 Å². The van der Waals surface area contributed by atoms with Crippen molar-refractivity contribution in [1.82, 2.24) is 0 Å². The Morgan fingerprint density at radius 2 is 0.487 bits per heavy atom. The minimum atomic E-state index is -0.775. The Balaban J connectivity index is 4.08. The lowest BCUT2D eigenvalue weighted by Crippen LogP contribution is -2.30. The second-order valence-corrected chi connectivity index (χ2v) is 22.7. The number of hydrogen-bond acceptors (Lipinski definition) is 6. The van der Waals surface area contributed by atoms with Gasteiger partial charge in [-0.2, -0.15) is 0 Å². The molecule has 1 unspecified atom stereocenters. The Morgan fingerprint density at radius 1 is 0.263 bits per heavy atom. The second-order valence-electron chi connectivity index (χ2n) is 22.7. The Labute approximate surface area is 496 Å². The lowest BCUT2D eigenvalue weighted by Gasteiger charge is -2.18. The van der Waals surface area contributed by atoms with E-state index >= 15 is 0 Å². The van der Waals surface area contributed by atoms with Crippen LogP contribution in [0.5, 0.6) is 0 Å². The number of unbranched alkanes of at least 4 members (excludes halogenated alkanes) is 35. The lowest BCUT2D eigenvalue weighted by atomic mass is 10.0. The average molecular weight is 1110 g/mol. The Hall–Kier alpha value is -3.67. The summed E-state index contributed by atoms with van der Waals surface area (Å²) < 4.78 is 16.9. The fraction of sp³-hybridized carbons (Fsp3) is 0.743. The van der Waals surface area contributed by atoms with Gasteiger partial charge in [0.2, 0.25) is 0 Å². The number of allylic oxidation sites excluding steroid dienone is 16. The van der Waals surface area contributed by atoms with Gasteiger partial charge in [0.25, 0.3) is 0 Å². The van der Waals surface area contributed by atoms with Gasteiger partial charge in [0, 0.05) is 19.3 Å². The van der Waals surface area contributed by atoms with Crippen LogP contribution in [-0.2, 0) is 28.6 Å². The average Bonchev–Trinajstić information content (AvgIpc) is 3.46. The van der Waals surface area contributed by atoms with Crippen molar-refractivity contribution in [3.05, 3.63) is 97.2 Å². The monoisotopic (exact) mass is 1110 g/mol. The number of esters is 3. The smallest absolute Gasteiger partial charge is 0.306 e. The standard InChI is InChI=1S/C74H128O6/c1-4-7-10-13-16-19-21-23-25-27-29-30-31-32-33-34-35-36-37-38-39-40-41-42-43-44-46-47-49-51-53-55-58-61-64-67-73(76)79-70-71(69-78-72(75)66-63-60-57-18-15-12-9-6-3)80-74(77)68-65-62-59-56-54-52-50-48-45-28-26-24-22-20-17-14-11-8-5-2/h7,10,16,19,23-26,29-30,32-33,35-36,38-39,71H,4-6,8-9,11-15,17-18,20-22,27-28,31,34,37,40-70H2,1-3H3/b10-7-,19-16-,25-23-,26-24-,30-29-,33-32-,36-35-,39-38-. The third kappa shape index (κ3) is 65.1. The second kappa shape index (κ2) is 67.8. The van der Waals surface area contributed by atoms with Crippen LogP contribution in [0, 0.1) is 0 Å². The zero-order valence-electron chi connectivity index (χ0n) is 52.8. The van der Waals surface area contributed by atoms with Gasteiger partial charge in [-0.25, -0.2) is 0 Å². The van der Waals surface area contributed by atoms with Crippen LogP contribution in [0.3, 0.4) is 0 Å². The van der Waals surface area contributed by atoms with Gasteiger partial charge in [0.1, 0.15) is 13.2 Å². The number of ether oxygens (including phenoxy) is 3. The number of hydrogen-bond donors (Lipinski definition) is 0. The summed E-state index contributed by atoms with van der Waals surface area (Å²) in [6, 6.07) is 0. The SMILES string of the molecule is CC/C=C\C/C=C\C/C=C\C/C=C\C/C=C\C/C=C\C/C=C\CCCCCCCCCCCCCCCC(=O)OCC(COC(=O)CCCCCCCCCC)OC(=O)CCCCCCCCCCC/C=C\CCCCCCCC. The van der Waals surface area contributed by atoms with Crippen molar-refractivity contribution in [1.29, 1.82) is 0 Å². The topological polar surface area (TPSA) is 78.9 Å². The summed E-state index contributed by atoms with van der Waals surface area (Å²) >= 11 is 0. The molecule has 0 rings (SSSR count). The summed E-state index contributed by atoms with van der Waals surface area (Å²) in [6.07, 6.45) is 91.6. The first kappa shape index (κ1) is 76.3. The van der Waals surface area contributed by atoms with Crippen LogP contribution in [0.15, 0.2) is 97.2 Å². The fourth-order valence-corrected chi connectivity index (χ4v) is 9.71. The number of carbonyl (C=O) groups is 3. The predicted octanol–water partition coefficient (Wildman–Crippen LogP) is 23.6. The van der Waals surface area contributed by atoms with E-state index in [2.05, 4.69) is 118 Å². The zero-order valence-corrected chi connectivity index (χ0v) is 52.8. The van der Waals surface area contributed by atoms with E-state index in [9.17, 15) is 14.4 Å². The molecule has 0 saturated carbocycles. The maximum atomic E-state index is 12.9. The quantitative estimate of drug-likeness (QED) is 0.0261. The summed E-state index contributed by atoms with van der Waals surface area (Å²) in [6.45, 7) is 6.52. The lowest BCUT2D eigenvalue weighted by molar-refractivity contribution is -0.167. The van der Waals surface area contributed by atoms with Crippen molar-refractivity contribution in [3.63, 3.8) is 0 Å². The molecule has 0 fully saturated rings. The zero-order chi connectivity index (χ0) is 57.8. The Kier molecular flexibility index (Phi) is 64.7. The third-order valence-corrected chi connectivity index (χ3v) is 14.8. The van der Waals surface area contributed by atoms with Crippen LogP contribution in [0.4, 0.5) is 0 Å². The number of carbonyl (C=O) groups excluding carboxylic acids is 3. The van der Waals surface area contributed by atoms with Gasteiger partial charge in [-0.1, -0.05) is 311 Å². The molecule has 460 valence electrons. The van der Waals surface area contributed by atoms with E-state index in [-0.39, 0.29) is 31.1 Å². The van der Waals surface area contributed by atoms with Crippen molar-refractivity contribution < 1.29 is 28.6 Å². The summed E-state index contributed by atoms with van der Waals surface area (Å²) in [5, 5.41) is 0. The Morgan fingerprint density at radius 3 is 0.775 bits per heavy atom. The molecule has 0 bridgehead atoms. The van der Waals surface area contributed by atoms with E-state index in [0.717, 1.165) is 103 Å². The van der Waals surface area contributed by atoms with Crippen LogP contribution in [0.1, 0.15) is 335 Å². The van der Waals surface area contributed by atoms with Crippen molar-refractivity contribution in [3.8, 4) is 0 Å². The van der Waals surface area contributed by atoms with E-state index in [1.165, 1.54) is 193 Å². The van der Waals surface area contributed by atoms with E-state index in [1.54, 1.807) is 0 Å². The molecular formula is C74H128O6. The van der Waals surface area contributed by atoms with Crippen molar-refractivity contribution >= 4 is 17.9 Å². The molecule has 0 aromatic rings. The third-order valence-electron chi connectivity index (χ3n) is 14.8. The molecule has 0 aliphatic rings. The molecule has 0 spiro atoms. The van der Waals surface area contributed by atoms with Crippen LogP contribution in [-0.4, -0.2) is 37.2 Å². The van der Waals surface area contributed by atoms with Crippen molar-refractivity contribution in [2.75, 3.05) is 13.2 Å². The van der Waals surface area contributed by atoms with Gasteiger partial charge in [-0.15, -0.1) is 0 Å². The molecule has 0 aromatic heterocycles. The van der Waals surface area contributed by atoms with Gasteiger partial charge in [0.05, 0.1) is 0 Å². The maximum absolute atomic E-state index is 12.9. The summed E-state index contributed by atoms with van der Waals surface area (Å²) in [5.74, 6) is -0.868. The van der Waals surface area contributed by atoms with E-state index < -0.39 is 6.10 Å². The maximum Gasteiger partial charge on any atom is 0.306 e. The molecule has 0 aliphatic carbocycles. The van der Waals surface area contributed by atoms with Gasteiger partial charge in [0.15, 0.2) is 6.10 Å². The minimum absolute atomic E-state index is 0.0739. The summed E-state index contributed by atoms with van der Waals surface area (Å²) in [4.78, 5) is 38.2. The molecule has 80 heavy (non-hydrogen) atoms.